The Bertz CT molecular complexity index is 1100. The first kappa shape index (κ1) is 17.9. The van der Waals surface area contributed by atoms with Gasteiger partial charge in [-0.2, -0.15) is 0 Å². The van der Waals surface area contributed by atoms with Crippen molar-refractivity contribution < 1.29 is 9.21 Å². The second kappa shape index (κ2) is 7.64. The van der Waals surface area contributed by atoms with Gasteiger partial charge in [0.2, 0.25) is 11.8 Å². The van der Waals surface area contributed by atoms with Crippen molar-refractivity contribution in [3.8, 4) is 11.5 Å². The molecule has 0 radical (unpaired) electrons. The maximum absolute atomic E-state index is 13.1. The zero-order valence-corrected chi connectivity index (χ0v) is 15.9. The minimum atomic E-state index is -0.0554. The molecule has 140 valence electrons. The molecule has 0 atom stereocenters. The summed E-state index contributed by atoms with van der Waals surface area (Å²) in [5.74, 6) is 0.819. The van der Waals surface area contributed by atoms with Crippen molar-refractivity contribution in [1.29, 1.82) is 0 Å². The van der Waals surface area contributed by atoms with E-state index in [9.17, 15) is 4.79 Å². The van der Waals surface area contributed by atoms with Crippen molar-refractivity contribution in [2.45, 2.75) is 26.4 Å². The molecule has 0 fully saturated rings. The topological polar surface area (TPSA) is 59.2 Å². The summed E-state index contributed by atoms with van der Waals surface area (Å²) in [4.78, 5) is 14.9. The van der Waals surface area contributed by atoms with E-state index >= 15 is 0 Å². The highest BCUT2D eigenvalue weighted by Gasteiger charge is 2.22. The Morgan fingerprint density at radius 2 is 1.64 bits per heavy atom. The highest BCUT2D eigenvalue weighted by Crippen LogP contribution is 2.21. The number of rotatable bonds is 5. The van der Waals surface area contributed by atoms with Crippen LogP contribution in [0, 0.1) is 0 Å². The lowest BCUT2D eigenvalue weighted by Gasteiger charge is -2.25. The minimum Gasteiger partial charge on any atom is -0.419 e. The van der Waals surface area contributed by atoms with Crippen LogP contribution in [0.5, 0.6) is 0 Å². The van der Waals surface area contributed by atoms with E-state index in [1.54, 1.807) is 4.90 Å². The molecule has 1 aromatic heterocycles. The van der Waals surface area contributed by atoms with Gasteiger partial charge in [0, 0.05) is 17.2 Å². The molecule has 0 unspecified atom stereocenters. The fourth-order valence-corrected chi connectivity index (χ4v) is 3.14. The number of carbonyl (C=O) groups is 1. The molecule has 0 aliphatic heterocycles. The first-order valence-electron chi connectivity index (χ1n) is 9.29. The van der Waals surface area contributed by atoms with Crippen LogP contribution >= 0.6 is 0 Å². The molecule has 1 heterocycles. The standard InChI is InChI=1S/C23H21N3O2/c1-16(2)26(15-21-24-25-22(28-21)18-9-4-3-5-10-18)23(27)20-13-12-17-8-6-7-11-19(17)14-20/h3-14,16H,15H2,1-2H3. The molecule has 3 aromatic carbocycles. The van der Waals surface area contributed by atoms with Gasteiger partial charge in [0.25, 0.3) is 5.91 Å². The normalized spacial score (nSPS) is 11.1. The lowest BCUT2D eigenvalue weighted by atomic mass is 10.1. The monoisotopic (exact) mass is 371 g/mol. The number of benzene rings is 3. The number of hydrogen-bond donors (Lipinski definition) is 0. The molecule has 0 N–H and O–H groups in total. The van der Waals surface area contributed by atoms with Gasteiger partial charge in [-0.1, -0.05) is 48.5 Å². The van der Waals surface area contributed by atoms with Crippen LogP contribution in [0.4, 0.5) is 0 Å². The Labute approximate surface area is 163 Å². The molecule has 0 bridgehead atoms. The zero-order chi connectivity index (χ0) is 19.5. The van der Waals surface area contributed by atoms with Crippen molar-refractivity contribution >= 4 is 16.7 Å². The van der Waals surface area contributed by atoms with Gasteiger partial charge >= 0.3 is 0 Å². The number of carbonyl (C=O) groups excluding carboxylic acids is 1. The third kappa shape index (κ3) is 3.64. The van der Waals surface area contributed by atoms with E-state index in [-0.39, 0.29) is 18.5 Å². The molecule has 0 aliphatic carbocycles. The summed E-state index contributed by atoms with van der Waals surface area (Å²) in [6.07, 6.45) is 0. The quantitative estimate of drug-likeness (QED) is 0.498. The Morgan fingerprint density at radius 3 is 2.39 bits per heavy atom. The van der Waals surface area contributed by atoms with Crippen molar-refractivity contribution in [3.05, 3.63) is 84.3 Å². The fourth-order valence-electron chi connectivity index (χ4n) is 3.14. The number of nitrogens with zero attached hydrogens (tertiary/aromatic N) is 3. The number of hydrogen-bond acceptors (Lipinski definition) is 4. The van der Waals surface area contributed by atoms with Crippen molar-refractivity contribution in [2.24, 2.45) is 0 Å². The van der Waals surface area contributed by atoms with E-state index in [2.05, 4.69) is 10.2 Å². The third-order valence-corrected chi connectivity index (χ3v) is 4.67. The maximum atomic E-state index is 13.1. The molecular weight excluding hydrogens is 350 g/mol. The van der Waals surface area contributed by atoms with Crippen LogP contribution < -0.4 is 0 Å². The Morgan fingerprint density at radius 1 is 0.929 bits per heavy atom. The van der Waals surface area contributed by atoms with Gasteiger partial charge in [-0.25, -0.2) is 0 Å². The van der Waals surface area contributed by atoms with Gasteiger partial charge in [0.15, 0.2) is 0 Å². The van der Waals surface area contributed by atoms with Gasteiger partial charge < -0.3 is 9.32 Å². The largest absolute Gasteiger partial charge is 0.419 e. The lowest BCUT2D eigenvalue weighted by molar-refractivity contribution is 0.0672. The summed E-state index contributed by atoms with van der Waals surface area (Å²) in [5.41, 5.74) is 1.51. The molecule has 4 aromatic rings. The van der Waals surface area contributed by atoms with Crippen LogP contribution in [0.2, 0.25) is 0 Å². The Kier molecular flexibility index (Phi) is 4.89. The number of fused-ring (bicyclic) bond motifs is 1. The van der Waals surface area contributed by atoms with E-state index in [1.807, 2.05) is 86.6 Å². The second-order valence-electron chi connectivity index (χ2n) is 6.96. The smallest absolute Gasteiger partial charge is 0.254 e. The molecule has 5 heteroatoms. The minimum absolute atomic E-state index is 0.00829. The van der Waals surface area contributed by atoms with Gasteiger partial charge in [-0.15, -0.1) is 10.2 Å². The van der Waals surface area contributed by atoms with Crippen LogP contribution in [-0.2, 0) is 6.54 Å². The van der Waals surface area contributed by atoms with E-state index in [1.165, 1.54) is 0 Å². The summed E-state index contributed by atoms with van der Waals surface area (Å²) in [6.45, 7) is 4.23. The van der Waals surface area contributed by atoms with Gasteiger partial charge in [0.05, 0.1) is 6.54 Å². The van der Waals surface area contributed by atoms with Crippen LogP contribution in [0.25, 0.3) is 22.2 Å². The molecule has 0 saturated heterocycles. The first-order valence-corrected chi connectivity index (χ1v) is 9.29. The number of amides is 1. The molecule has 0 spiro atoms. The molecular formula is C23H21N3O2. The predicted molar refractivity (Wildman–Crippen MR) is 109 cm³/mol. The van der Waals surface area contributed by atoms with Gasteiger partial charge in [-0.3, -0.25) is 4.79 Å². The lowest BCUT2D eigenvalue weighted by Crippen LogP contribution is -2.36. The van der Waals surface area contributed by atoms with E-state index < -0.39 is 0 Å². The average Bonchev–Trinajstić information content (AvgIpc) is 3.20. The Balaban J connectivity index is 1.58. The SMILES string of the molecule is CC(C)N(Cc1nnc(-c2ccccc2)o1)C(=O)c1ccc2ccccc2c1. The van der Waals surface area contributed by atoms with Crippen LogP contribution in [-0.4, -0.2) is 27.0 Å². The third-order valence-electron chi connectivity index (χ3n) is 4.67. The van der Waals surface area contributed by atoms with Crippen LogP contribution in [0.15, 0.2) is 77.2 Å². The molecule has 1 amide bonds. The molecule has 5 nitrogen and oxygen atoms in total. The summed E-state index contributed by atoms with van der Waals surface area (Å²) in [6, 6.07) is 23.4. The summed E-state index contributed by atoms with van der Waals surface area (Å²) < 4.78 is 5.79. The highest BCUT2D eigenvalue weighted by atomic mass is 16.4. The summed E-state index contributed by atoms with van der Waals surface area (Å²) in [7, 11) is 0. The van der Waals surface area contributed by atoms with Crippen molar-refractivity contribution in [3.63, 3.8) is 0 Å². The van der Waals surface area contributed by atoms with E-state index in [0.29, 0.717) is 17.3 Å². The fraction of sp³-hybridized carbons (Fsp3) is 0.174. The van der Waals surface area contributed by atoms with E-state index in [4.69, 9.17) is 4.42 Å². The predicted octanol–water partition coefficient (Wildman–Crippen LogP) is 4.94. The summed E-state index contributed by atoms with van der Waals surface area (Å²) >= 11 is 0. The number of aromatic nitrogens is 2. The molecule has 0 saturated carbocycles. The summed E-state index contributed by atoms with van der Waals surface area (Å²) in [5, 5.41) is 10.4. The van der Waals surface area contributed by atoms with E-state index in [0.717, 1.165) is 16.3 Å². The first-order chi connectivity index (χ1) is 13.6. The average molecular weight is 371 g/mol. The van der Waals surface area contributed by atoms with Crippen molar-refractivity contribution in [2.75, 3.05) is 0 Å². The van der Waals surface area contributed by atoms with Crippen LogP contribution in [0.3, 0.4) is 0 Å². The van der Waals surface area contributed by atoms with Gasteiger partial charge in [0.1, 0.15) is 0 Å². The van der Waals surface area contributed by atoms with Crippen LogP contribution in [0.1, 0.15) is 30.1 Å². The van der Waals surface area contributed by atoms with Crippen molar-refractivity contribution in [1.82, 2.24) is 15.1 Å². The van der Waals surface area contributed by atoms with Gasteiger partial charge in [-0.05, 0) is 48.9 Å². The molecule has 28 heavy (non-hydrogen) atoms. The Hall–Kier alpha value is -3.47. The second-order valence-corrected chi connectivity index (χ2v) is 6.96. The maximum Gasteiger partial charge on any atom is 0.254 e. The molecule has 0 aliphatic rings. The zero-order valence-electron chi connectivity index (χ0n) is 15.9. The molecule has 4 rings (SSSR count). The highest BCUT2D eigenvalue weighted by molar-refractivity contribution is 5.98.